The van der Waals surface area contributed by atoms with Gasteiger partial charge < -0.3 is 5.11 Å². The van der Waals surface area contributed by atoms with Crippen LogP contribution in [0, 0.1) is 0 Å². The fourth-order valence-corrected chi connectivity index (χ4v) is 3.34. The zero-order valence-corrected chi connectivity index (χ0v) is 13.4. The minimum Gasteiger partial charge on any atom is -0.392 e. The van der Waals surface area contributed by atoms with Crippen LogP contribution in [0.1, 0.15) is 31.9 Å². The van der Waals surface area contributed by atoms with E-state index < -0.39 is 9.84 Å². The van der Waals surface area contributed by atoms with Crippen molar-refractivity contribution >= 4 is 9.84 Å². The number of nitrogens with zero attached hydrogens (tertiary/aromatic N) is 1. The molecule has 1 unspecified atom stereocenters. The highest BCUT2D eigenvalue weighted by molar-refractivity contribution is 7.91. The van der Waals surface area contributed by atoms with E-state index in [4.69, 9.17) is 5.11 Å². The summed E-state index contributed by atoms with van der Waals surface area (Å²) in [5, 5.41) is 9.02. The van der Waals surface area contributed by atoms with Gasteiger partial charge in [0.05, 0.1) is 12.4 Å². The first kappa shape index (κ1) is 17.1. The van der Waals surface area contributed by atoms with Crippen LogP contribution in [0.25, 0.3) is 0 Å². The highest BCUT2D eigenvalue weighted by Gasteiger charge is 2.19. The maximum atomic E-state index is 11.7. The fraction of sp³-hybridized carbons (Fsp3) is 0.600. The Morgan fingerprint density at radius 3 is 2.15 bits per heavy atom. The molecule has 0 saturated carbocycles. The van der Waals surface area contributed by atoms with Gasteiger partial charge in [-0.2, -0.15) is 0 Å². The summed E-state index contributed by atoms with van der Waals surface area (Å²) < 4.78 is 23.4. The van der Waals surface area contributed by atoms with E-state index in [2.05, 4.69) is 4.90 Å². The number of benzene rings is 1. The van der Waals surface area contributed by atoms with E-state index in [1.54, 1.807) is 6.92 Å². The van der Waals surface area contributed by atoms with E-state index in [-0.39, 0.29) is 24.2 Å². The highest BCUT2D eigenvalue weighted by Crippen LogP contribution is 2.11. The average Bonchev–Trinajstić information content (AvgIpc) is 2.44. The second-order valence-electron chi connectivity index (χ2n) is 5.09. The Morgan fingerprint density at radius 2 is 1.70 bits per heavy atom. The lowest BCUT2D eigenvalue weighted by Gasteiger charge is -2.27. The van der Waals surface area contributed by atoms with Gasteiger partial charge in [0.1, 0.15) is 0 Å². The summed E-state index contributed by atoms with van der Waals surface area (Å²) in [6.45, 7) is 7.26. The molecule has 4 nitrogen and oxygen atoms in total. The summed E-state index contributed by atoms with van der Waals surface area (Å²) in [5.41, 5.74) is 2.02. The van der Waals surface area contributed by atoms with Gasteiger partial charge in [-0.15, -0.1) is 0 Å². The predicted molar refractivity (Wildman–Crippen MR) is 82.2 cm³/mol. The lowest BCUT2D eigenvalue weighted by molar-refractivity contribution is 0.226. The van der Waals surface area contributed by atoms with Crippen LogP contribution in [0.4, 0.5) is 0 Å². The molecule has 0 heterocycles. The maximum Gasteiger partial charge on any atom is 0.151 e. The highest BCUT2D eigenvalue weighted by atomic mass is 32.2. The van der Waals surface area contributed by atoms with Gasteiger partial charge in [-0.05, 0) is 24.6 Å². The molecule has 1 aromatic carbocycles. The molecule has 20 heavy (non-hydrogen) atoms. The maximum absolute atomic E-state index is 11.7. The van der Waals surface area contributed by atoms with Crippen LogP contribution in [0.15, 0.2) is 24.3 Å². The van der Waals surface area contributed by atoms with E-state index in [1.807, 2.05) is 38.1 Å². The zero-order chi connectivity index (χ0) is 15.2. The molecule has 1 rings (SSSR count). The molecule has 1 aromatic rings. The number of sulfone groups is 1. The lowest BCUT2D eigenvalue weighted by Crippen LogP contribution is -2.37. The Hall–Kier alpha value is -0.910. The molecule has 0 spiro atoms. The van der Waals surface area contributed by atoms with Crippen molar-refractivity contribution in [1.29, 1.82) is 0 Å². The molecular formula is C15H25NO3S. The van der Waals surface area contributed by atoms with Crippen molar-refractivity contribution < 1.29 is 13.5 Å². The van der Waals surface area contributed by atoms with Crippen molar-refractivity contribution in [3.05, 3.63) is 35.4 Å². The molecule has 0 bridgehead atoms. The van der Waals surface area contributed by atoms with Crippen molar-refractivity contribution in [3.63, 3.8) is 0 Å². The number of aliphatic hydroxyl groups is 1. The lowest BCUT2D eigenvalue weighted by atomic mass is 10.1. The summed E-state index contributed by atoms with van der Waals surface area (Å²) in [4.78, 5) is 2.15. The second-order valence-corrected chi connectivity index (χ2v) is 7.48. The Kier molecular flexibility index (Phi) is 6.65. The molecule has 0 fully saturated rings. The molecule has 0 aliphatic heterocycles. The smallest absolute Gasteiger partial charge is 0.151 e. The van der Waals surface area contributed by atoms with Gasteiger partial charge in [0, 0.05) is 18.3 Å². The largest absolute Gasteiger partial charge is 0.392 e. The zero-order valence-electron chi connectivity index (χ0n) is 12.5. The van der Waals surface area contributed by atoms with Gasteiger partial charge >= 0.3 is 0 Å². The third kappa shape index (κ3) is 5.23. The number of hydrogen-bond donors (Lipinski definition) is 1. The van der Waals surface area contributed by atoms with Crippen LogP contribution in [0.5, 0.6) is 0 Å². The second kappa shape index (κ2) is 7.76. The monoisotopic (exact) mass is 299 g/mol. The van der Waals surface area contributed by atoms with Crippen molar-refractivity contribution in [2.45, 2.75) is 40.0 Å². The molecule has 0 aliphatic rings. The SMILES string of the molecule is CCN(Cc1ccc(CO)cc1)C(C)CS(=O)(=O)CC. The van der Waals surface area contributed by atoms with E-state index >= 15 is 0 Å². The van der Waals surface area contributed by atoms with Gasteiger partial charge in [-0.25, -0.2) is 8.42 Å². The Balaban J connectivity index is 2.70. The van der Waals surface area contributed by atoms with Crippen LogP contribution in [0.2, 0.25) is 0 Å². The molecule has 0 amide bonds. The Bertz CT molecular complexity index is 496. The van der Waals surface area contributed by atoms with Crippen LogP contribution < -0.4 is 0 Å². The third-order valence-corrected chi connectivity index (χ3v) is 5.43. The van der Waals surface area contributed by atoms with Gasteiger partial charge in [-0.1, -0.05) is 38.1 Å². The van der Waals surface area contributed by atoms with Crippen molar-refractivity contribution in [2.24, 2.45) is 0 Å². The molecule has 0 aromatic heterocycles. The molecule has 114 valence electrons. The topological polar surface area (TPSA) is 57.6 Å². The average molecular weight is 299 g/mol. The van der Waals surface area contributed by atoms with Gasteiger partial charge in [0.2, 0.25) is 0 Å². The van der Waals surface area contributed by atoms with Crippen molar-refractivity contribution in [3.8, 4) is 0 Å². The molecule has 1 atom stereocenters. The van der Waals surface area contributed by atoms with Crippen LogP contribution in [0.3, 0.4) is 0 Å². The third-order valence-electron chi connectivity index (χ3n) is 3.56. The van der Waals surface area contributed by atoms with E-state index in [0.29, 0.717) is 0 Å². The standard InChI is InChI=1S/C15H25NO3S/c1-4-16(13(3)12-20(18,19)5-2)10-14-6-8-15(11-17)9-7-14/h6-9,13,17H,4-5,10-12H2,1-3H3. The normalized spacial score (nSPS) is 13.7. The predicted octanol–water partition coefficient (Wildman–Crippen LogP) is 1.82. The number of hydrogen-bond acceptors (Lipinski definition) is 4. The number of rotatable bonds is 8. The summed E-state index contributed by atoms with van der Waals surface area (Å²) in [6.07, 6.45) is 0. The quantitative estimate of drug-likeness (QED) is 0.795. The molecule has 0 saturated heterocycles. The first-order valence-corrected chi connectivity index (χ1v) is 8.87. The Labute approximate surface area is 122 Å². The van der Waals surface area contributed by atoms with E-state index in [9.17, 15) is 8.42 Å². The molecule has 5 heteroatoms. The molecule has 1 N–H and O–H groups in total. The summed E-state index contributed by atoms with van der Waals surface area (Å²) >= 11 is 0. The van der Waals surface area contributed by atoms with E-state index in [1.165, 1.54) is 0 Å². The van der Waals surface area contributed by atoms with Crippen molar-refractivity contribution in [2.75, 3.05) is 18.1 Å². The first-order valence-electron chi connectivity index (χ1n) is 7.05. The van der Waals surface area contributed by atoms with Crippen molar-refractivity contribution in [1.82, 2.24) is 4.90 Å². The molecule has 0 aliphatic carbocycles. The molecular weight excluding hydrogens is 274 g/mol. The summed E-state index contributed by atoms with van der Waals surface area (Å²) in [7, 11) is -2.95. The Morgan fingerprint density at radius 1 is 1.15 bits per heavy atom. The van der Waals surface area contributed by atoms with Gasteiger partial charge in [0.15, 0.2) is 9.84 Å². The van der Waals surface area contributed by atoms with Gasteiger partial charge in [-0.3, -0.25) is 4.90 Å². The minimum atomic E-state index is -2.95. The minimum absolute atomic E-state index is 0.00229. The van der Waals surface area contributed by atoms with Crippen LogP contribution in [-0.4, -0.2) is 42.5 Å². The summed E-state index contributed by atoms with van der Waals surface area (Å²) in [5.74, 6) is 0.395. The van der Waals surface area contributed by atoms with Crippen LogP contribution in [-0.2, 0) is 23.0 Å². The van der Waals surface area contributed by atoms with E-state index in [0.717, 1.165) is 24.2 Å². The first-order chi connectivity index (χ1) is 9.41. The number of aliphatic hydroxyl groups excluding tert-OH is 1. The fourth-order valence-electron chi connectivity index (χ4n) is 2.15. The molecule has 0 radical (unpaired) electrons. The van der Waals surface area contributed by atoms with Gasteiger partial charge in [0.25, 0.3) is 0 Å². The van der Waals surface area contributed by atoms with Crippen LogP contribution >= 0.6 is 0 Å². The summed E-state index contributed by atoms with van der Waals surface area (Å²) in [6, 6.07) is 7.76.